The van der Waals surface area contributed by atoms with E-state index in [1.807, 2.05) is 45.3 Å². The Labute approximate surface area is 249 Å². The number of carbonyl (C=O) groups is 1. The smallest absolute Gasteiger partial charge is 0.410 e. The standard InChI is InChI=1S/C35H42N4O3/c1-35(2,3)42-34(40)39-20-18-31(32(24-39)41-25-27-16-17-28-14-7-8-15-29(28)21-27)30-22-37-33(38-23-30)36-19-10-9-13-26-11-5-4-6-12-26/h4-8,11-12,14-17,21-23,31-32H,9-10,13,18-20,24-25H2,1-3H3,(H,36,37,38). The number of ether oxygens (including phenoxy) is 2. The molecule has 1 amide bonds. The SMILES string of the molecule is CC(C)(C)OC(=O)N1CCC(c2cnc(NCCCCc3ccccc3)nc2)C(OCc2ccc3ccccc3c2)C1. The van der Waals surface area contributed by atoms with Crippen molar-refractivity contribution in [2.75, 3.05) is 25.0 Å². The quantitative estimate of drug-likeness (QED) is 0.202. The van der Waals surface area contributed by atoms with Crippen LogP contribution in [0.4, 0.5) is 10.7 Å². The summed E-state index contributed by atoms with van der Waals surface area (Å²) in [5.41, 5.74) is 2.95. The molecule has 0 radical (unpaired) electrons. The van der Waals surface area contributed by atoms with Crippen molar-refractivity contribution >= 4 is 22.8 Å². The molecule has 5 rings (SSSR count). The van der Waals surface area contributed by atoms with Crippen LogP contribution >= 0.6 is 0 Å². The highest BCUT2D eigenvalue weighted by atomic mass is 16.6. The average molecular weight is 567 g/mol. The second kappa shape index (κ2) is 13.8. The van der Waals surface area contributed by atoms with E-state index in [1.165, 1.54) is 16.3 Å². The number of nitrogens with one attached hydrogen (secondary N) is 1. The minimum absolute atomic E-state index is 0.0732. The number of aromatic nitrogens is 2. The van der Waals surface area contributed by atoms with Crippen molar-refractivity contribution in [1.29, 1.82) is 0 Å². The predicted molar refractivity (Wildman–Crippen MR) is 168 cm³/mol. The fourth-order valence-electron chi connectivity index (χ4n) is 5.41. The fraction of sp³-hybridized carbons (Fsp3) is 0.400. The van der Waals surface area contributed by atoms with Gasteiger partial charge < -0.3 is 19.7 Å². The lowest BCUT2D eigenvalue weighted by molar-refractivity contribution is -0.0360. The molecule has 1 N–H and O–H groups in total. The monoisotopic (exact) mass is 566 g/mol. The summed E-state index contributed by atoms with van der Waals surface area (Å²) in [4.78, 5) is 23.9. The molecule has 42 heavy (non-hydrogen) atoms. The van der Waals surface area contributed by atoms with Gasteiger partial charge in [0.2, 0.25) is 5.95 Å². The van der Waals surface area contributed by atoms with Crippen LogP contribution in [0.1, 0.15) is 62.6 Å². The van der Waals surface area contributed by atoms with E-state index in [0.29, 0.717) is 25.6 Å². The summed E-state index contributed by atoms with van der Waals surface area (Å²) < 4.78 is 12.2. The largest absolute Gasteiger partial charge is 0.444 e. The van der Waals surface area contributed by atoms with E-state index in [0.717, 1.165) is 43.4 Å². The Bertz CT molecular complexity index is 1440. The molecule has 1 aromatic heterocycles. The van der Waals surface area contributed by atoms with E-state index in [9.17, 15) is 4.79 Å². The average Bonchev–Trinajstić information content (AvgIpc) is 2.99. The zero-order valence-electron chi connectivity index (χ0n) is 25.0. The highest BCUT2D eigenvalue weighted by Crippen LogP contribution is 2.32. The number of rotatable bonds is 10. The van der Waals surface area contributed by atoms with Gasteiger partial charge in [0.1, 0.15) is 5.60 Å². The van der Waals surface area contributed by atoms with Crippen LogP contribution in [0.2, 0.25) is 0 Å². The molecule has 7 nitrogen and oxygen atoms in total. The van der Waals surface area contributed by atoms with Gasteiger partial charge in [-0.25, -0.2) is 14.8 Å². The first-order chi connectivity index (χ1) is 20.3. The molecule has 1 aliphatic rings. The van der Waals surface area contributed by atoms with E-state index in [2.05, 4.69) is 75.9 Å². The van der Waals surface area contributed by atoms with E-state index in [1.54, 1.807) is 4.90 Å². The van der Waals surface area contributed by atoms with Gasteiger partial charge in [0, 0.05) is 31.4 Å². The summed E-state index contributed by atoms with van der Waals surface area (Å²) in [5.74, 6) is 0.711. The minimum Gasteiger partial charge on any atom is -0.444 e. The normalized spacial score (nSPS) is 17.3. The second-order valence-electron chi connectivity index (χ2n) is 12.1. The number of aryl methyl sites for hydroxylation is 1. The molecule has 4 aromatic rings. The number of hydrogen-bond donors (Lipinski definition) is 1. The summed E-state index contributed by atoms with van der Waals surface area (Å²) >= 11 is 0. The number of piperidine rings is 1. The van der Waals surface area contributed by atoms with Gasteiger partial charge in [-0.3, -0.25) is 0 Å². The van der Waals surface area contributed by atoms with Crippen molar-refractivity contribution in [2.45, 2.75) is 70.7 Å². The van der Waals surface area contributed by atoms with Crippen LogP contribution in [-0.4, -0.2) is 52.3 Å². The first kappa shape index (κ1) is 29.5. The third-order valence-electron chi connectivity index (χ3n) is 7.61. The van der Waals surface area contributed by atoms with Gasteiger partial charge in [0.15, 0.2) is 0 Å². The van der Waals surface area contributed by atoms with E-state index < -0.39 is 5.60 Å². The molecule has 1 aliphatic heterocycles. The molecule has 1 saturated heterocycles. The van der Waals surface area contributed by atoms with Crippen molar-refractivity contribution in [3.05, 3.63) is 102 Å². The van der Waals surface area contributed by atoms with Crippen molar-refractivity contribution in [1.82, 2.24) is 14.9 Å². The van der Waals surface area contributed by atoms with Gasteiger partial charge in [-0.15, -0.1) is 0 Å². The first-order valence-electron chi connectivity index (χ1n) is 15.0. The summed E-state index contributed by atoms with van der Waals surface area (Å²) in [6, 6.07) is 25.3. The maximum absolute atomic E-state index is 12.9. The number of carbonyl (C=O) groups excluding carboxylic acids is 1. The Kier molecular flexibility index (Phi) is 9.70. The van der Waals surface area contributed by atoms with Crippen molar-refractivity contribution in [3.8, 4) is 0 Å². The number of hydrogen-bond acceptors (Lipinski definition) is 6. The Morgan fingerprint density at radius 3 is 2.43 bits per heavy atom. The molecule has 0 bridgehead atoms. The molecule has 1 fully saturated rings. The second-order valence-corrected chi connectivity index (χ2v) is 12.1. The van der Waals surface area contributed by atoms with Crippen LogP contribution in [0.3, 0.4) is 0 Å². The summed E-state index contributed by atoms with van der Waals surface area (Å²) in [5, 5.41) is 5.74. The van der Waals surface area contributed by atoms with Crippen molar-refractivity contribution in [2.24, 2.45) is 0 Å². The van der Waals surface area contributed by atoms with E-state index in [-0.39, 0.29) is 18.1 Å². The first-order valence-corrected chi connectivity index (χ1v) is 15.0. The van der Waals surface area contributed by atoms with E-state index in [4.69, 9.17) is 9.47 Å². The third-order valence-corrected chi connectivity index (χ3v) is 7.61. The predicted octanol–water partition coefficient (Wildman–Crippen LogP) is 7.37. The molecular formula is C35H42N4O3. The molecule has 2 atom stereocenters. The third kappa shape index (κ3) is 8.29. The molecular weight excluding hydrogens is 524 g/mol. The molecule has 3 aromatic carbocycles. The lowest BCUT2D eigenvalue weighted by atomic mass is 9.88. The maximum Gasteiger partial charge on any atom is 0.410 e. The van der Waals surface area contributed by atoms with Crippen LogP contribution in [-0.2, 0) is 22.5 Å². The Hall–Kier alpha value is -3.97. The number of anilines is 1. The summed E-state index contributed by atoms with van der Waals surface area (Å²) in [6.45, 7) is 8.01. The molecule has 7 heteroatoms. The van der Waals surface area contributed by atoms with Gasteiger partial charge in [-0.2, -0.15) is 0 Å². The molecule has 2 unspecified atom stereocenters. The topological polar surface area (TPSA) is 76.6 Å². The zero-order valence-corrected chi connectivity index (χ0v) is 25.0. The highest BCUT2D eigenvalue weighted by Gasteiger charge is 2.35. The number of likely N-dealkylation sites (tertiary alicyclic amines) is 1. The van der Waals surface area contributed by atoms with Crippen LogP contribution in [0.15, 0.2) is 85.2 Å². The van der Waals surface area contributed by atoms with Crippen LogP contribution in [0.25, 0.3) is 10.8 Å². The molecule has 2 heterocycles. The van der Waals surface area contributed by atoms with Gasteiger partial charge >= 0.3 is 6.09 Å². The summed E-state index contributed by atoms with van der Waals surface area (Å²) in [6.07, 6.45) is 7.28. The van der Waals surface area contributed by atoms with Crippen molar-refractivity contribution < 1.29 is 14.3 Å². The number of benzene rings is 3. The highest BCUT2D eigenvalue weighted by molar-refractivity contribution is 5.82. The van der Waals surface area contributed by atoms with E-state index >= 15 is 0 Å². The van der Waals surface area contributed by atoms with Crippen LogP contribution in [0.5, 0.6) is 0 Å². The number of unbranched alkanes of at least 4 members (excludes halogenated alkanes) is 1. The Morgan fingerprint density at radius 2 is 1.67 bits per heavy atom. The number of nitrogens with zero attached hydrogens (tertiary/aromatic N) is 3. The van der Waals surface area contributed by atoms with Crippen LogP contribution < -0.4 is 5.32 Å². The molecule has 0 spiro atoms. The van der Waals surface area contributed by atoms with Crippen molar-refractivity contribution in [3.63, 3.8) is 0 Å². The molecule has 0 aliphatic carbocycles. The van der Waals surface area contributed by atoms with Gasteiger partial charge in [-0.1, -0.05) is 66.7 Å². The molecule has 220 valence electrons. The van der Waals surface area contributed by atoms with Gasteiger partial charge in [0.05, 0.1) is 19.3 Å². The van der Waals surface area contributed by atoms with Gasteiger partial charge in [-0.05, 0) is 80.0 Å². The number of amides is 1. The van der Waals surface area contributed by atoms with Gasteiger partial charge in [0.25, 0.3) is 0 Å². The minimum atomic E-state index is -0.548. The zero-order chi connectivity index (χ0) is 29.4. The summed E-state index contributed by atoms with van der Waals surface area (Å²) in [7, 11) is 0. The van der Waals surface area contributed by atoms with Crippen LogP contribution in [0, 0.1) is 0 Å². The lowest BCUT2D eigenvalue weighted by Gasteiger charge is -2.39. The molecule has 0 saturated carbocycles. The fourth-order valence-corrected chi connectivity index (χ4v) is 5.41. The lowest BCUT2D eigenvalue weighted by Crippen LogP contribution is -2.48. The maximum atomic E-state index is 12.9. The number of fused-ring (bicyclic) bond motifs is 1. The Balaban J connectivity index is 1.21. The Morgan fingerprint density at radius 1 is 0.929 bits per heavy atom.